The smallest absolute Gasteiger partial charge is 0.477 e. The van der Waals surface area contributed by atoms with E-state index in [4.69, 9.17) is 0 Å². The molecule has 1 aromatic heterocycles. The summed E-state index contributed by atoms with van der Waals surface area (Å²) in [6, 6.07) is 4.91. The zero-order valence-electron chi connectivity index (χ0n) is 22.6. The van der Waals surface area contributed by atoms with Crippen LogP contribution in [0.15, 0.2) is 53.5 Å². The quantitative estimate of drug-likeness (QED) is 0.351. The number of benzene rings is 1. The molecule has 1 N–H and O–H groups in total. The number of aromatic carboxylic acids is 1. The van der Waals surface area contributed by atoms with Crippen LogP contribution >= 0.6 is 11.3 Å². The van der Waals surface area contributed by atoms with Crippen LogP contribution in [-0.2, 0) is 14.8 Å². The van der Waals surface area contributed by atoms with E-state index in [-0.39, 0.29) is 27.9 Å². The monoisotopic (exact) mass is 612 g/mol. The fraction of sp³-hybridized carbons (Fsp3) is 0.429. The van der Waals surface area contributed by atoms with Crippen LogP contribution in [0, 0.1) is 5.92 Å². The Balaban J connectivity index is 1.72. The molecular formula is C28H31F3N2O6S2. The molecule has 1 amide bonds. The standard InChI is InChI=1S/C28H31F3N2O6S2/c1-3-8-18(4-2)24-15-22(26(40-24)27(35)36)33-23(19-9-6-5-7-10-19)16-32(17-25(33)34)41(37,38)21-13-11-20(12-14-21)39-28(29,30)31/h3-4,8,11-15,19,23H,5-7,9-10,16-17H2,1-2H3,(H,35,36)/b8-3-,18-4+. The number of anilines is 1. The first-order valence-corrected chi connectivity index (χ1v) is 15.5. The first kappa shape index (κ1) is 30.8. The van der Waals surface area contributed by atoms with Crippen molar-refractivity contribution >= 4 is 44.5 Å². The van der Waals surface area contributed by atoms with Crippen LogP contribution in [0.5, 0.6) is 5.75 Å². The van der Waals surface area contributed by atoms with Crippen LogP contribution in [0.4, 0.5) is 18.9 Å². The SMILES string of the molecule is C/C=C\C(=C/C)c1cc(N2C(=O)CN(S(=O)(=O)c3ccc(OC(F)(F)F)cc3)CC2C2CCCCC2)c(C(=O)O)s1. The number of piperazine rings is 1. The van der Waals surface area contributed by atoms with E-state index in [1.807, 2.05) is 32.1 Å². The molecular weight excluding hydrogens is 581 g/mol. The third kappa shape index (κ3) is 6.84. The highest BCUT2D eigenvalue weighted by molar-refractivity contribution is 7.89. The van der Waals surface area contributed by atoms with E-state index in [0.717, 1.165) is 77.6 Å². The summed E-state index contributed by atoms with van der Waals surface area (Å²) in [5.41, 5.74) is 1.04. The van der Waals surface area contributed by atoms with Crippen LogP contribution in [0.1, 0.15) is 60.5 Å². The zero-order chi connectivity index (χ0) is 29.9. The van der Waals surface area contributed by atoms with E-state index in [9.17, 15) is 36.3 Å². The lowest BCUT2D eigenvalue weighted by molar-refractivity contribution is -0.274. The second kappa shape index (κ2) is 12.4. The maximum Gasteiger partial charge on any atom is 0.573 e. The minimum atomic E-state index is -4.92. The fourth-order valence-electron chi connectivity index (χ4n) is 5.46. The maximum absolute atomic E-state index is 13.8. The molecule has 2 fully saturated rings. The molecule has 1 aromatic carbocycles. The van der Waals surface area contributed by atoms with Gasteiger partial charge in [0, 0.05) is 11.4 Å². The van der Waals surface area contributed by atoms with E-state index in [0.29, 0.717) is 4.88 Å². The van der Waals surface area contributed by atoms with Gasteiger partial charge in [0.25, 0.3) is 0 Å². The number of hydrogen-bond acceptors (Lipinski definition) is 6. The molecule has 41 heavy (non-hydrogen) atoms. The van der Waals surface area contributed by atoms with Crippen molar-refractivity contribution in [3.8, 4) is 5.75 Å². The van der Waals surface area contributed by atoms with Crippen LogP contribution in [-0.4, -0.2) is 55.2 Å². The molecule has 0 radical (unpaired) electrons. The number of allylic oxidation sites excluding steroid dienone is 4. The van der Waals surface area contributed by atoms with Crippen molar-refractivity contribution in [1.82, 2.24) is 4.31 Å². The van der Waals surface area contributed by atoms with E-state index >= 15 is 0 Å². The molecule has 1 saturated carbocycles. The molecule has 0 spiro atoms. The lowest BCUT2D eigenvalue weighted by atomic mass is 9.82. The minimum Gasteiger partial charge on any atom is -0.477 e. The highest BCUT2D eigenvalue weighted by atomic mass is 32.2. The molecule has 4 rings (SSSR count). The van der Waals surface area contributed by atoms with Crippen molar-refractivity contribution < 1.29 is 41.0 Å². The number of rotatable bonds is 8. The third-order valence-corrected chi connectivity index (χ3v) is 10.3. The Hall–Kier alpha value is -3.16. The third-order valence-electron chi connectivity index (χ3n) is 7.30. The van der Waals surface area contributed by atoms with Gasteiger partial charge in [-0.15, -0.1) is 24.5 Å². The van der Waals surface area contributed by atoms with Crippen LogP contribution in [0.3, 0.4) is 0 Å². The van der Waals surface area contributed by atoms with Gasteiger partial charge in [-0.05, 0) is 68.5 Å². The van der Waals surface area contributed by atoms with Crippen LogP contribution in [0.2, 0.25) is 0 Å². The van der Waals surface area contributed by atoms with Crippen molar-refractivity contribution in [1.29, 1.82) is 0 Å². The Bertz CT molecular complexity index is 1440. The van der Waals surface area contributed by atoms with Gasteiger partial charge in [-0.3, -0.25) is 4.79 Å². The van der Waals surface area contributed by atoms with Crippen LogP contribution < -0.4 is 9.64 Å². The van der Waals surface area contributed by atoms with Gasteiger partial charge in [0.15, 0.2) is 0 Å². The highest BCUT2D eigenvalue weighted by Crippen LogP contribution is 2.41. The Morgan fingerprint density at radius 1 is 1.12 bits per heavy atom. The molecule has 222 valence electrons. The number of carboxylic acids is 1. The van der Waals surface area contributed by atoms with Crippen LogP contribution in [0.25, 0.3) is 5.57 Å². The number of carbonyl (C=O) groups is 2. The predicted octanol–water partition coefficient (Wildman–Crippen LogP) is 6.31. The molecule has 1 aliphatic heterocycles. The predicted molar refractivity (Wildman–Crippen MR) is 149 cm³/mol. The van der Waals surface area contributed by atoms with Gasteiger partial charge in [0.05, 0.1) is 23.2 Å². The Labute approximate surface area is 240 Å². The number of amides is 1. The number of thiophene rings is 1. The summed E-state index contributed by atoms with van der Waals surface area (Å²) in [5, 5.41) is 10.0. The van der Waals surface area contributed by atoms with Gasteiger partial charge in [-0.2, -0.15) is 4.31 Å². The highest BCUT2D eigenvalue weighted by Gasteiger charge is 2.44. The molecule has 2 heterocycles. The number of ether oxygens (including phenoxy) is 1. The maximum atomic E-state index is 13.8. The summed E-state index contributed by atoms with van der Waals surface area (Å²) in [6.07, 6.45) is 4.93. The summed E-state index contributed by atoms with van der Waals surface area (Å²) in [6.45, 7) is 3.06. The van der Waals surface area contributed by atoms with Crippen molar-refractivity contribution in [2.75, 3.05) is 18.0 Å². The molecule has 1 aliphatic carbocycles. The molecule has 1 unspecified atom stereocenters. The van der Waals surface area contributed by atoms with E-state index < -0.39 is 46.6 Å². The first-order chi connectivity index (χ1) is 19.4. The van der Waals surface area contributed by atoms with Crippen molar-refractivity contribution in [2.24, 2.45) is 5.92 Å². The molecule has 13 heteroatoms. The topological polar surface area (TPSA) is 104 Å². The van der Waals surface area contributed by atoms with E-state index in [1.165, 1.54) is 4.90 Å². The number of alkyl halides is 3. The molecule has 1 atom stereocenters. The Kier molecular flexibility index (Phi) is 9.29. The van der Waals surface area contributed by atoms with Gasteiger partial charge in [0.1, 0.15) is 10.6 Å². The number of carbonyl (C=O) groups excluding carboxylic acids is 1. The van der Waals surface area contributed by atoms with Crippen molar-refractivity contribution in [3.63, 3.8) is 0 Å². The molecule has 2 aromatic rings. The normalized spacial score (nSPS) is 20.1. The Morgan fingerprint density at radius 3 is 2.34 bits per heavy atom. The van der Waals surface area contributed by atoms with Gasteiger partial charge in [0.2, 0.25) is 15.9 Å². The van der Waals surface area contributed by atoms with Crippen molar-refractivity contribution in [2.45, 2.75) is 63.3 Å². The number of hydrogen-bond donors (Lipinski definition) is 1. The van der Waals surface area contributed by atoms with Gasteiger partial charge in [-0.1, -0.05) is 37.5 Å². The Morgan fingerprint density at radius 2 is 1.78 bits per heavy atom. The summed E-state index contributed by atoms with van der Waals surface area (Å²) in [5.74, 6) is -2.37. The second-order valence-electron chi connectivity index (χ2n) is 9.92. The lowest BCUT2D eigenvalue weighted by Crippen LogP contribution is -2.60. The average Bonchev–Trinajstić information content (AvgIpc) is 3.36. The molecule has 1 saturated heterocycles. The molecule has 8 nitrogen and oxygen atoms in total. The van der Waals surface area contributed by atoms with Gasteiger partial charge < -0.3 is 14.7 Å². The van der Waals surface area contributed by atoms with E-state index in [1.54, 1.807) is 6.07 Å². The second-order valence-corrected chi connectivity index (χ2v) is 12.9. The summed E-state index contributed by atoms with van der Waals surface area (Å²) in [7, 11) is -4.26. The number of carboxylic acid groups (broad SMARTS) is 1. The summed E-state index contributed by atoms with van der Waals surface area (Å²) >= 11 is 1.06. The number of nitrogens with zero attached hydrogens (tertiary/aromatic N) is 2. The fourth-order valence-corrected chi connectivity index (χ4v) is 7.91. The average molecular weight is 613 g/mol. The largest absolute Gasteiger partial charge is 0.573 e. The van der Waals surface area contributed by atoms with Crippen molar-refractivity contribution in [3.05, 3.63) is 58.3 Å². The molecule has 0 bridgehead atoms. The molecule has 2 aliphatic rings. The zero-order valence-corrected chi connectivity index (χ0v) is 24.2. The van der Waals surface area contributed by atoms with Gasteiger partial charge in [-0.25, -0.2) is 13.2 Å². The minimum absolute atomic E-state index is 0.00502. The van der Waals surface area contributed by atoms with E-state index in [2.05, 4.69) is 4.74 Å². The lowest BCUT2D eigenvalue weighted by Gasteiger charge is -2.44. The number of sulfonamides is 1. The van der Waals surface area contributed by atoms with Gasteiger partial charge >= 0.3 is 12.3 Å². The number of halogens is 3. The summed E-state index contributed by atoms with van der Waals surface area (Å²) in [4.78, 5) is 27.9. The first-order valence-electron chi connectivity index (χ1n) is 13.2. The summed E-state index contributed by atoms with van der Waals surface area (Å²) < 4.78 is 69.7.